The third-order valence-electron chi connectivity index (χ3n) is 4.47. The van der Waals surface area contributed by atoms with Gasteiger partial charge in [-0.1, -0.05) is 31.4 Å². The molecule has 0 aliphatic carbocycles. The number of aliphatic hydroxyl groups excluding tert-OH is 1. The zero-order valence-corrected chi connectivity index (χ0v) is 13.6. The highest BCUT2D eigenvalue weighted by atomic mass is 35.5. The molecule has 1 saturated heterocycles. The predicted octanol–water partition coefficient (Wildman–Crippen LogP) is 2.91. The molecule has 1 aromatic rings. The number of ether oxygens (including phenoxy) is 1. The van der Waals surface area contributed by atoms with Crippen molar-refractivity contribution in [1.29, 1.82) is 0 Å². The van der Waals surface area contributed by atoms with Crippen molar-refractivity contribution in [2.45, 2.75) is 39.0 Å². The summed E-state index contributed by atoms with van der Waals surface area (Å²) in [7, 11) is 1.58. The molecule has 1 aromatic heterocycles. The lowest BCUT2D eigenvalue weighted by Gasteiger charge is -2.41. The number of halogens is 1. The van der Waals surface area contributed by atoms with E-state index >= 15 is 0 Å². The van der Waals surface area contributed by atoms with E-state index in [-0.39, 0.29) is 12.0 Å². The summed E-state index contributed by atoms with van der Waals surface area (Å²) < 4.78 is 5.32. The van der Waals surface area contributed by atoms with Gasteiger partial charge in [0.1, 0.15) is 6.33 Å². The maximum Gasteiger partial charge on any atom is 0.199 e. The van der Waals surface area contributed by atoms with Crippen LogP contribution < -0.4 is 9.64 Å². The molecule has 5 nitrogen and oxygen atoms in total. The molecule has 6 heteroatoms. The van der Waals surface area contributed by atoms with E-state index < -0.39 is 0 Å². The van der Waals surface area contributed by atoms with Gasteiger partial charge in [-0.2, -0.15) is 0 Å². The first-order valence-corrected chi connectivity index (χ1v) is 7.94. The third-order valence-corrected chi connectivity index (χ3v) is 4.73. The molecule has 2 rings (SSSR count). The van der Waals surface area contributed by atoms with Crippen molar-refractivity contribution in [2.24, 2.45) is 5.41 Å². The number of piperidine rings is 1. The Labute approximate surface area is 131 Å². The van der Waals surface area contributed by atoms with E-state index in [0.717, 1.165) is 38.2 Å². The predicted molar refractivity (Wildman–Crippen MR) is 84.1 cm³/mol. The van der Waals surface area contributed by atoms with Crippen LogP contribution in [-0.4, -0.2) is 41.9 Å². The average molecular weight is 314 g/mol. The summed E-state index contributed by atoms with van der Waals surface area (Å²) in [5.74, 6) is 1.28. The Morgan fingerprint density at radius 3 is 2.67 bits per heavy atom. The first-order valence-electron chi connectivity index (χ1n) is 7.56. The second-order valence-electron chi connectivity index (χ2n) is 5.77. The second-order valence-corrected chi connectivity index (χ2v) is 6.13. The fourth-order valence-electron chi connectivity index (χ4n) is 2.98. The summed E-state index contributed by atoms with van der Waals surface area (Å²) in [6.07, 6.45) is 6.83. The van der Waals surface area contributed by atoms with E-state index in [4.69, 9.17) is 16.3 Å². The lowest BCUT2D eigenvalue weighted by Crippen LogP contribution is -2.42. The number of unbranched alkanes of at least 4 members (excludes halogenated alkanes) is 1. The minimum absolute atomic E-state index is 0.0660. The maximum absolute atomic E-state index is 9.78. The molecule has 1 aliphatic heterocycles. The van der Waals surface area contributed by atoms with Crippen LogP contribution in [0.4, 0.5) is 5.82 Å². The highest BCUT2D eigenvalue weighted by Gasteiger charge is 2.34. The average Bonchev–Trinajstić information content (AvgIpc) is 2.53. The van der Waals surface area contributed by atoms with Crippen LogP contribution in [0.15, 0.2) is 6.33 Å². The summed E-state index contributed by atoms with van der Waals surface area (Å²) >= 11 is 6.06. The molecular weight excluding hydrogens is 290 g/mol. The molecule has 0 bridgehead atoms. The van der Waals surface area contributed by atoms with Crippen LogP contribution in [0, 0.1) is 5.41 Å². The molecule has 21 heavy (non-hydrogen) atoms. The summed E-state index contributed by atoms with van der Waals surface area (Å²) in [4.78, 5) is 10.4. The van der Waals surface area contributed by atoms with E-state index in [1.165, 1.54) is 19.2 Å². The van der Waals surface area contributed by atoms with Crippen LogP contribution in [0.3, 0.4) is 0 Å². The number of methoxy groups -OCH3 is 1. The Kier molecular flexibility index (Phi) is 5.65. The number of anilines is 1. The van der Waals surface area contributed by atoms with Gasteiger partial charge in [-0.25, -0.2) is 9.97 Å². The Balaban J connectivity index is 2.08. The lowest BCUT2D eigenvalue weighted by atomic mass is 9.75. The summed E-state index contributed by atoms with van der Waals surface area (Å²) in [5.41, 5.74) is 0.0660. The van der Waals surface area contributed by atoms with Crippen molar-refractivity contribution in [3.63, 3.8) is 0 Å². The minimum Gasteiger partial charge on any atom is -0.490 e. The molecule has 0 radical (unpaired) electrons. The molecule has 1 fully saturated rings. The van der Waals surface area contributed by atoms with Crippen LogP contribution in [0.25, 0.3) is 0 Å². The Morgan fingerprint density at radius 2 is 2.10 bits per heavy atom. The molecule has 1 N–H and O–H groups in total. The van der Waals surface area contributed by atoms with E-state index in [2.05, 4.69) is 21.8 Å². The van der Waals surface area contributed by atoms with Gasteiger partial charge in [0, 0.05) is 19.7 Å². The monoisotopic (exact) mass is 313 g/mol. The van der Waals surface area contributed by atoms with Gasteiger partial charge in [0.25, 0.3) is 0 Å². The van der Waals surface area contributed by atoms with Crippen LogP contribution >= 0.6 is 11.6 Å². The molecule has 118 valence electrons. The van der Waals surface area contributed by atoms with E-state index in [9.17, 15) is 5.11 Å². The molecular formula is C15H24ClN3O2. The van der Waals surface area contributed by atoms with E-state index in [1.54, 1.807) is 7.11 Å². The Hall–Kier alpha value is -1.07. The SMILES string of the molecule is CCCCC1(CO)CCN(c2ncnc(Cl)c2OC)CC1. The fraction of sp³-hybridized carbons (Fsp3) is 0.733. The molecule has 0 spiro atoms. The molecule has 0 saturated carbocycles. The van der Waals surface area contributed by atoms with Gasteiger partial charge in [-0.05, 0) is 24.7 Å². The van der Waals surface area contributed by atoms with Gasteiger partial charge in [-0.15, -0.1) is 0 Å². The Bertz CT molecular complexity index is 462. The highest BCUT2D eigenvalue weighted by Crippen LogP contribution is 2.40. The third kappa shape index (κ3) is 3.58. The van der Waals surface area contributed by atoms with Crippen molar-refractivity contribution in [3.8, 4) is 5.75 Å². The maximum atomic E-state index is 9.78. The molecule has 0 aromatic carbocycles. The topological polar surface area (TPSA) is 58.5 Å². The lowest BCUT2D eigenvalue weighted by molar-refractivity contribution is 0.0844. The highest BCUT2D eigenvalue weighted by molar-refractivity contribution is 6.31. The van der Waals surface area contributed by atoms with Gasteiger partial charge in [0.2, 0.25) is 0 Å². The van der Waals surface area contributed by atoms with Crippen LogP contribution in [-0.2, 0) is 0 Å². The van der Waals surface area contributed by atoms with Crippen LogP contribution in [0.2, 0.25) is 5.15 Å². The number of aromatic nitrogens is 2. The summed E-state index contributed by atoms with van der Waals surface area (Å²) in [6.45, 7) is 4.17. The smallest absolute Gasteiger partial charge is 0.199 e. The molecule has 0 atom stereocenters. The van der Waals surface area contributed by atoms with Crippen LogP contribution in [0.5, 0.6) is 5.75 Å². The largest absolute Gasteiger partial charge is 0.490 e. The van der Waals surface area contributed by atoms with Crippen molar-refractivity contribution in [3.05, 3.63) is 11.5 Å². The van der Waals surface area contributed by atoms with E-state index in [1.807, 2.05) is 0 Å². The fourth-order valence-corrected chi connectivity index (χ4v) is 3.18. The van der Waals surface area contributed by atoms with Crippen molar-refractivity contribution < 1.29 is 9.84 Å². The minimum atomic E-state index is 0.0660. The van der Waals surface area contributed by atoms with E-state index in [0.29, 0.717) is 10.9 Å². The molecule has 0 amide bonds. The number of rotatable bonds is 6. The molecule has 0 unspecified atom stereocenters. The van der Waals surface area contributed by atoms with Gasteiger partial charge >= 0.3 is 0 Å². The van der Waals surface area contributed by atoms with Gasteiger partial charge < -0.3 is 14.7 Å². The molecule has 2 heterocycles. The number of aliphatic hydroxyl groups is 1. The first-order chi connectivity index (χ1) is 10.2. The normalized spacial score (nSPS) is 17.8. The van der Waals surface area contributed by atoms with Gasteiger partial charge in [0.05, 0.1) is 7.11 Å². The van der Waals surface area contributed by atoms with Crippen LogP contribution in [0.1, 0.15) is 39.0 Å². The van der Waals surface area contributed by atoms with Gasteiger partial charge in [-0.3, -0.25) is 0 Å². The van der Waals surface area contributed by atoms with Crippen molar-refractivity contribution in [1.82, 2.24) is 9.97 Å². The van der Waals surface area contributed by atoms with Crippen molar-refractivity contribution in [2.75, 3.05) is 31.7 Å². The second kappa shape index (κ2) is 7.27. The van der Waals surface area contributed by atoms with Crippen molar-refractivity contribution >= 4 is 17.4 Å². The zero-order valence-electron chi connectivity index (χ0n) is 12.8. The molecule has 1 aliphatic rings. The summed E-state index contributed by atoms with van der Waals surface area (Å²) in [6, 6.07) is 0. The zero-order chi connectivity index (χ0) is 15.3. The standard InChI is InChI=1S/C15H24ClN3O2/c1-3-4-5-15(10-20)6-8-19(9-7-15)14-12(21-2)13(16)17-11-18-14/h11,20H,3-10H2,1-2H3. The number of hydrogen-bond donors (Lipinski definition) is 1. The van der Waals surface area contributed by atoms with Gasteiger partial charge in [0.15, 0.2) is 16.7 Å². The first kappa shape index (κ1) is 16.3. The Morgan fingerprint density at radius 1 is 1.38 bits per heavy atom. The summed E-state index contributed by atoms with van der Waals surface area (Å²) in [5, 5.41) is 10.1. The number of hydrogen-bond acceptors (Lipinski definition) is 5. The number of nitrogens with zero attached hydrogens (tertiary/aromatic N) is 3. The quantitative estimate of drug-likeness (QED) is 0.818.